The number of hydrogen-bond acceptors (Lipinski definition) is 2. The van der Waals surface area contributed by atoms with E-state index in [1.165, 1.54) is 6.42 Å². The molecular weight excluding hydrogens is 230 g/mol. The molecule has 0 aliphatic heterocycles. The van der Waals surface area contributed by atoms with Crippen LogP contribution in [0.25, 0.3) is 0 Å². The lowest BCUT2D eigenvalue weighted by atomic mass is 9.75. The Morgan fingerprint density at radius 3 is 2.22 bits per heavy atom. The summed E-state index contributed by atoms with van der Waals surface area (Å²) in [5, 5.41) is 11.9. The maximum absolute atomic E-state index is 12.2. The van der Waals surface area contributed by atoms with Crippen molar-refractivity contribution in [3.8, 4) is 0 Å². The summed E-state index contributed by atoms with van der Waals surface area (Å²) in [5.41, 5.74) is -0.372. The number of aliphatic carboxylic acids is 1. The average Bonchev–Trinajstić information content (AvgIpc) is 2.28. The van der Waals surface area contributed by atoms with Gasteiger partial charge in [0.25, 0.3) is 0 Å². The highest BCUT2D eigenvalue weighted by Crippen LogP contribution is 2.36. The molecule has 1 rings (SSSR count). The molecule has 0 aromatic rings. The average molecular weight is 255 g/mol. The van der Waals surface area contributed by atoms with Crippen LogP contribution in [-0.2, 0) is 9.59 Å². The zero-order chi connectivity index (χ0) is 13.8. The molecular formula is C14H25NO3. The van der Waals surface area contributed by atoms with Gasteiger partial charge in [-0.05, 0) is 25.2 Å². The van der Waals surface area contributed by atoms with Gasteiger partial charge in [0.1, 0.15) is 6.04 Å². The number of nitrogens with one attached hydrogen (secondary N) is 1. The molecule has 1 aliphatic carbocycles. The van der Waals surface area contributed by atoms with Crippen LogP contribution >= 0.6 is 0 Å². The molecule has 0 bridgehead atoms. The molecule has 4 nitrogen and oxygen atoms in total. The highest BCUT2D eigenvalue weighted by atomic mass is 16.4. The van der Waals surface area contributed by atoms with E-state index in [9.17, 15) is 9.59 Å². The number of rotatable bonds is 5. The number of carbonyl (C=O) groups is 2. The number of hydrogen-bond donors (Lipinski definition) is 2. The summed E-state index contributed by atoms with van der Waals surface area (Å²) in [7, 11) is 0. The van der Waals surface area contributed by atoms with E-state index in [2.05, 4.69) is 5.32 Å². The van der Waals surface area contributed by atoms with Gasteiger partial charge in [-0.3, -0.25) is 4.79 Å². The van der Waals surface area contributed by atoms with Crippen molar-refractivity contribution < 1.29 is 14.7 Å². The number of carboxylic acid groups (broad SMARTS) is 1. The van der Waals surface area contributed by atoms with Crippen LogP contribution in [0.2, 0.25) is 0 Å². The molecule has 0 spiro atoms. The molecule has 1 saturated carbocycles. The first-order chi connectivity index (χ1) is 8.35. The predicted octanol–water partition coefficient (Wildman–Crippen LogP) is 2.57. The van der Waals surface area contributed by atoms with Crippen LogP contribution in [0.5, 0.6) is 0 Å². The van der Waals surface area contributed by atoms with Crippen molar-refractivity contribution in [3.63, 3.8) is 0 Å². The Kier molecular flexibility index (Phi) is 5.17. The SMILES string of the molecule is CC(C)C[C@H](NC(=O)C1(C)CCCCC1)C(=O)O. The maximum Gasteiger partial charge on any atom is 0.326 e. The first-order valence-corrected chi connectivity index (χ1v) is 6.89. The van der Waals surface area contributed by atoms with Crippen LogP contribution < -0.4 is 5.32 Å². The van der Waals surface area contributed by atoms with Crippen LogP contribution in [-0.4, -0.2) is 23.0 Å². The van der Waals surface area contributed by atoms with Crippen molar-refractivity contribution in [2.45, 2.75) is 65.3 Å². The Hall–Kier alpha value is -1.06. The largest absolute Gasteiger partial charge is 0.480 e. The normalized spacial score (nSPS) is 20.4. The molecule has 1 amide bonds. The fraction of sp³-hybridized carbons (Fsp3) is 0.857. The summed E-state index contributed by atoms with van der Waals surface area (Å²) in [6.45, 7) is 5.88. The van der Waals surface area contributed by atoms with Gasteiger partial charge in [-0.1, -0.05) is 40.0 Å². The topological polar surface area (TPSA) is 66.4 Å². The monoisotopic (exact) mass is 255 g/mol. The minimum absolute atomic E-state index is 0.0877. The number of carbonyl (C=O) groups excluding carboxylic acids is 1. The molecule has 0 aromatic carbocycles. The maximum atomic E-state index is 12.2. The Balaban J connectivity index is 2.62. The molecule has 0 aromatic heterocycles. The lowest BCUT2D eigenvalue weighted by molar-refractivity contribution is -0.144. The first kappa shape index (κ1) is 15.0. The van der Waals surface area contributed by atoms with Gasteiger partial charge in [0.15, 0.2) is 0 Å². The summed E-state index contributed by atoms with van der Waals surface area (Å²) < 4.78 is 0. The molecule has 18 heavy (non-hydrogen) atoms. The fourth-order valence-corrected chi connectivity index (χ4v) is 2.58. The Labute approximate surface area is 109 Å². The van der Waals surface area contributed by atoms with E-state index in [0.717, 1.165) is 25.7 Å². The highest BCUT2D eigenvalue weighted by molar-refractivity contribution is 5.87. The summed E-state index contributed by atoms with van der Waals surface area (Å²) in [4.78, 5) is 23.4. The van der Waals surface area contributed by atoms with Crippen molar-refractivity contribution in [2.75, 3.05) is 0 Å². The minimum Gasteiger partial charge on any atom is -0.480 e. The lowest BCUT2D eigenvalue weighted by Crippen LogP contribution is -2.48. The van der Waals surface area contributed by atoms with E-state index >= 15 is 0 Å². The van der Waals surface area contributed by atoms with Gasteiger partial charge >= 0.3 is 5.97 Å². The molecule has 0 radical (unpaired) electrons. The van der Waals surface area contributed by atoms with Crippen molar-refractivity contribution in [1.29, 1.82) is 0 Å². The smallest absolute Gasteiger partial charge is 0.326 e. The van der Waals surface area contributed by atoms with E-state index in [1.54, 1.807) is 0 Å². The molecule has 1 aliphatic rings. The van der Waals surface area contributed by atoms with E-state index in [0.29, 0.717) is 6.42 Å². The van der Waals surface area contributed by atoms with Gasteiger partial charge < -0.3 is 10.4 Å². The van der Waals surface area contributed by atoms with Crippen molar-refractivity contribution in [3.05, 3.63) is 0 Å². The molecule has 0 unspecified atom stereocenters. The lowest BCUT2D eigenvalue weighted by Gasteiger charge is -2.33. The third-order valence-electron chi connectivity index (χ3n) is 3.82. The van der Waals surface area contributed by atoms with Gasteiger partial charge in [0, 0.05) is 5.41 Å². The summed E-state index contributed by atoms with van der Waals surface area (Å²) in [6.07, 6.45) is 5.52. The predicted molar refractivity (Wildman–Crippen MR) is 70.2 cm³/mol. The van der Waals surface area contributed by atoms with Gasteiger partial charge in [0.2, 0.25) is 5.91 Å². The number of amides is 1. The molecule has 104 valence electrons. The molecule has 0 saturated heterocycles. The van der Waals surface area contributed by atoms with Crippen LogP contribution in [0.3, 0.4) is 0 Å². The van der Waals surface area contributed by atoms with Gasteiger partial charge in [-0.15, -0.1) is 0 Å². The van der Waals surface area contributed by atoms with Crippen molar-refractivity contribution in [1.82, 2.24) is 5.32 Å². The first-order valence-electron chi connectivity index (χ1n) is 6.89. The summed E-state index contributed by atoms with van der Waals surface area (Å²) >= 11 is 0. The third kappa shape index (κ3) is 4.00. The zero-order valence-corrected chi connectivity index (χ0v) is 11.7. The highest BCUT2D eigenvalue weighted by Gasteiger charge is 2.36. The molecule has 4 heteroatoms. The van der Waals surface area contributed by atoms with Crippen LogP contribution in [0.4, 0.5) is 0 Å². The van der Waals surface area contributed by atoms with E-state index in [1.807, 2.05) is 20.8 Å². The van der Waals surface area contributed by atoms with Crippen molar-refractivity contribution in [2.24, 2.45) is 11.3 Å². The molecule has 1 atom stereocenters. The van der Waals surface area contributed by atoms with E-state index in [-0.39, 0.29) is 17.2 Å². The second-order valence-corrected chi connectivity index (χ2v) is 6.12. The second kappa shape index (κ2) is 6.21. The van der Waals surface area contributed by atoms with E-state index < -0.39 is 12.0 Å². The summed E-state index contributed by atoms with van der Waals surface area (Å²) in [6, 6.07) is -0.753. The van der Waals surface area contributed by atoms with E-state index in [4.69, 9.17) is 5.11 Å². The molecule has 0 heterocycles. The second-order valence-electron chi connectivity index (χ2n) is 6.12. The Bertz CT molecular complexity index is 306. The summed E-state index contributed by atoms with van der Waals surface area (Å²) in [5.74, 6) is -0.766. The third-order valence-corrected chi connectivity index (χ3v) is 3.82. The van der Waals surface area contributed by atoms with Crippen LogP contribution in [0.15, 0.2) is 0 Å². The molecule has 1 fully saturated rings. The Morgan fingerprint density at radius 2 is 1.78 bits per heavy atom. The Morgan fingerprint density at radius 1 is 1.22 bits per heavy atom. The van der Waals surface area contributed by atoms with Gasteiger partial charge in [-0.2, -0.15) is 0 Å². The minimum atomic E-state index is -0.934. The van der Waals surface area contributed by atoms with Gasteiger partial charge in [0.05, 0.1) is 0 Å². The zero-order valence-electron chi connectivity index (χ0n) is 11.7. The fourth-order valence-electron chi connectivity index (χ4n) is 2.58. The standard InChI is InChI=1S/C14H25NO3/c1-10(2)9-11(12(16)17)15-13(18)14(3)7-5-4-6-8-14/h10-11H,4-9H2,1-3H3,(H,15,18)(H,16,17)/t11-/m0/s1. The van der Waals surface area contributed by atoms with Crippen LogP contribution in [0, 0.1) is 11.3 Å². The quantitative estimate of drug-likeness (QED) is 0.793. The van der Waals surface area contributed by atoms with Crippen LogP contribution in [0.1, 0.15) is 59.3 Å². The molecule has 2 N–H and O–H groups in total. The van der Waals surface area contributed by atoms with Crippen molar-refractivity contribution >= 4 is 11.9 Å². The van der Waals surface area contributed by atoms with Gasteiger partial charge in [-0.25, -0.2) is 4.79 Å². The number of carboxylic acids is 1.